The first-order chi connectivity index (χ1) is 10.2. The summed E-state index contributed by atoms with van der Waals surface area (Å²) in [4.78, 5) is 4.44. The third kappa shape index (κ3) is 7.69. The van der Waals surface area contributed by atoms with E-state index in [-0.39, 0.29) is 29.7 Å². The van der Waals surface area contributed by atoms with Gasteiger partial charge in [-0.2, -0.15) is 0 Å². The predicted octanol–water partition coefficient (Wildman–Crippen LogP) is 2.11. The molecule has 6 nitrogen and oxygen atoms in total. The summed E-state index contributed by atoms with van der Waals surface area (Å²) in [5.74, 6) is 1.61. The molecule has 3 N–H and O–H groups in total. The number of rotatable bonds is 8. The van der Waals surface area contributed by atoms with Crippen LogP contribution in [-0.4, -0.2) is 44.5 Å². The van der Waals surface area contributed by atoms with Gasteiger partial charge in [0.15, 0.2) is 5.96 Å². The van der Waals surface area contributed by atoms with Gasteiger partial charge < -0.3 is 25.2 Å². The predicted molar refractivity (Wildman–Crippen MR) is 99.4 cm³/mol. The van der Waals surface area contributed by atoms with Gasteiger partial charge in [-0.15, -0.1) is 24.0 Å². The van der Waals surface area contributed by atoms with Gasteiger partial charge in [-0.1, -0.05) is 0 Å². The number of methoxy groups -OCH3 is 1. The van der Waals surface area contributed by atoms with Gasteiger partial charge in [-0.25, -0.2) is 4.99 Å². The third-order valence-electron chi connectivity index (χ3n) is 2.78. The average Bonchev–Trinajstić information content (AvgIpc) is 2.50. The molecule has 1 aromatic carbocycles. The summed E-state index contributed by atoms with van der Waals surface area (Å²) in [5, 5.41) is 16.2. The molecule has 0 bridgehead atoms. The number of ether oxygens (including phenoxy) is 2. The van der Waals surface area contributed by atoms with Crippen LogP contribution in [0.1, 0.15) is 19.4 Å². The minimum atomic E-state index is 0. The molecule has 0 fully saturated rings. The highest BCUT2D eigenvalue weighted by Crippen LogP contribution is 2.23. The lowest BCUT2D eigenvalue weighted by atomic mass is 10.2. The van der Waals surface area contributed by atoms with E-state index >= 15 is 0 Å². The molecule has 0 saturated carbocycles. The number of phenols is 1. The number of nitrogens with zero attached hydrogens (tertiary/aromatic N) is 1. The highest BCUT2D eigenvalue weighted by Gasteiger charge is 2.04. The van der Waals surface area contributed by atoms with Crippen molar-refractivity contribution in [2.24, 2.45) is 4.99 Å². The maximum Gasteiger partial charge on any atom is 0.191 e. The van der Waals surface area contributed by atoms with E-state index in [1.165, 1.54) is 0 Å². The van der Waals surface area contributed by atoms with Crippen LogP contribution in [0.2, 0.25) is 0 Å². The van der Waals surface area contributed by atoms with Crippen LogP contribution in [0.4, 0.5) is 0 Å². The molecule has 0 saturated heterocycles. The number of aliphatic imine (C=N–C) groups is 1. The molecule has 0 aromatic heterocycles. The smallest absolute Gasteiger partial charge is 0.191 e. The Morgan fingerprint density at radius 2 is 2.05 bits per heavy atom. The largest absolute Gasteiger partial charge is 0.508 e. The van der Waals surface area contributed by atoms with Gasteiger partial charge in [0.05, 0.1) is 20.3 Å². The highest BCUT2D eigenvalue weighted by atomic mass is 127. The number of aromatic hydroxyl groups is 1. The van der Waals surface area contributed by atoms with Crippen LogP contribution in [-0.2, 0) is 11.3 Å². The number of guanidine groups is 1. The Labute approximate surface area is 149 Å². The Balaban J connectivity index is 0.00000441. The number of nitrogens with one attached hydrogen (secondary N) is 2. The van der Waals surface area contributed by atoms with E-state index in [9.17, 15) is 5.11 Å². The molecule has 126 valence electrons. The molecule has 0 amide bonds. The molecule has 0 atom stereocenters. The van der Waals surface area contributed by atoms with Gasteiger partial charge >= 0.3 is 0 Å². The standard InChI is InChI=1S/C15H25N3O3.HI/c1-4-16-15(17-8-9-21-5-2)18-11-12-10-13(20-3)6-7-14(12)19;/h6-7,10,19H,4-5,8-9,11H2,1-3H3,(H2,16,17,18);1H. The molecule has 0 aliphatic heterocycles. The molecular weight excluding hydrogens is 397 g/mol. The molecule has 0 radical (unpaired) electrons. The summed E-state index contributed by atoms with van der Waals surface area (Å²) >= 11 is 0. The second-order valence-corrected chi connectivity index (χ2v) is 4.31. The van der Waals surface area contributed by atoms with Gasteiger partial charge in [0.2, 0.25) is 0 Å². The number of phenolic OH excluding ortho intramolecular Hbond substituents is 1. The van der Waals surface area contributed by atoms with E-state index in [0.717, 1.165) is 12.1 Å². The molecule has 0 heterocycles. The zero-order valence-corrected chi connectivity index (χ0v) is 15.7. The van der Waals surface area contributed by atoms with Crippen molar-refractivity contribution in [3.05, 3.63) is 23.8 Å². The van der Waals surface area contributed by atoms with Crippen molar-refractivity contribution >= 4 is 29.9 Å². The molecule has 7 heteroatoms. The number of benzene rings is 1. The minimum Gasteiger partial charge on any atom is -0.508 e. The molecule has 1 rings (SSSR count). The Morgan fingerprint density at radius 1 is 1.27 bits per heavy atom. The van der Waals surface area contributed by atoms with Crippen molar-refractivity contribution in [1.82, 2.24) is 10.6 Å². The average molecular weight is 423 g/mol. The first-order valence-electron chi connectivity index (χ1n) is 7.17. The molecule has 0 spiro atoms. The van der Waals surface area contributed by atoms with Gasteiger partial charge in [-0.05, 0) is 32.0 Å². The first-order valence-corrected chi connectivity index (χ1v) is 7.17. The highest BCUT2D eigenvalue weighted by molar-refractivity contribution is 14.0. The molecule has 0 aliphatic rings. The van der Waals surface area contributed by atoms with Crippen LogP contribution >= 0.6 is 24.0 Å². The van der Waals surface area contributed by atoms with Crippen LogP contribution in [0.3, 0.4) is 0 Å². The Hall–Kier alpha value is -1.22. The maximum absolute atomic E-state index is 9.83. The van der Waals surface area contributed by atoms with Crippen LogP contribution in [0.15, 0.2) is 23.2 Å². The molecular formula is C15H26IN3O3. The van der Waals surface area contributed by atoms with Crippen molar-refractivity contribution in [3.63, 3.8) is 0 Å². The van der Waals surface area contributed by atoms with Gasteiger partial charge in [0.1, 0.15) is 11.5 Å². The second kappa shape index (κ2) is 12.3. The quantitative estimate of drug-likeness (QED) is 0.259. The van der Waals surface area contributed by atoms with Crippen molar-refractivity contribution in [2.75, 3.05) is 33.4 Å². The summed E-state index contributed by atoms with van der Waals surface area (Å²) < 4.78 is 10.4. The zero-order chi connectivity index (χ0) is 15.5. The van der Waals surface area contributed by atoms with Gasteiger partial charge in [0.25, 0.3) is 0 Å². The zero-order valence-electron chi connectivity index (χ0n) is 13.4. The summed E-state index contributed by atoms with van der Waals surface area (Å²) in [7, 11) is 1.60. The maximum atomic E-state index is 9.83. The van der Waals surface area contributed by atoms with E-state index in [1.54, 1.807) is 25.3 Å². The van der Waals surface area contributed by atoms with E-state index in [1.807, 2.05) is 13.8 Å². The number of halogens is 1. The lowest BCUT2D eigenvalue weighted by Gasteiger charge is -2.11. The third-order valence-corrected chi connectivity index (χ3v) is 2.78. The number of hydrogen-bond donors (Lipinski definition) is 3. The van der Waals surface area contributed by atoms with Gasteiger partial charge in [0, 0.05) is 25.3 Å². The summed E-state index contributed by atoms with van der Waals surface area (Å²) in [6.07, 6.45) is 0. The lowest BCUT2D eigenvalue weighted by Crippen LogP contribution is -2.39. The lowest BCUT2D eigenvalue weighted by molar-refractivity contribution is 0.152. The van der Waals surface area contributed by atoms with Crippen molar-refractivity contribution in [3.8, 4) is 11.5 Å². The fraction of sp³-hybridized carbons (Fsp3) is 0.533. The van der Waals surface area contributed by atoms with Crippen molar-refractivity contribution in [1.29, 1.82) is 0 Å². The summed E-state index contributed by atoms with van der Waals surface area (Å²) in [6.45, 7) is 7.12. The van der Waals surface area contributed by atoms with Crippen LogP contribution in [0.5, 0.6) is 11.5 Å². The molecule has 22 heavy (non-hydrogen) atoms. The minimum absolute atomic E-state index is 0. The van der Waals surface area contributed by atoms with E-state index in [2.05, 4.69) is 15.6 Å². The van der Waals surface area contributed by atoms with Crippen molar-refractivity contribution < 1.29 is 14.6 Å². The van der Waals surface area contributed by atoms with Crippen LogP contribution < -0.4 is 15.4 Å². The van der Waals surface area contributed by atoms with E-state index in [4.69, 9.17) is 9.47 Å². The monoisotopic (exact) mass is 423 g/mol. The summed E-state index contributed by atoms with van der Waals surface area (Å²) in [6, 6.07) is 5.11. The molecule has 0 unspecified atom stereocenters. The molecule has 1 aromatic rings. The Kier molecular flexibility index (Phi) is 11.7. The second-order valence-electron chi connectivity index (χ2n) is 4.31. The fourth-order valence-corrected chi connectivity index (χ4v) is 1.71. The Bertz CT molecular complexity index is 456. The topological polar surface area (TPSA) is 75.1 Å². The normalized spacial score (nSPS) is 10.8. The van der Waals surface area contributed by atoms with Gasteiger partial charge in [-0.3, -0.25) is 0 Å². The van der Waals surface area contributed by atoms with Crippen LogP contribution in [0.25, 0.3) is 0 Å². The van der Waals surface area contributed by atoms with Crippen LogP contribution in [0, 0.1) is 0 Å². The fourth-order valence-electron chi connectivity index (χ4n) is 1.71. The SMILES string of the molecule is CCNC(=NCc1cc(OC)ccc1O)NCCOCC.I. The summed E-state index contributed by atoms with van der Waals surface area (Å²) in [5.41, 5.74) is 0.719. The van der Waals surface area contributed by atoms with E-state index < -0.39 is 0 Å². The van der Waals surface area contributed by atoms with Crippen molar-refractivity contribution in [2.45, 2.75) is 20.4 Å². The van der Waals surface area contributed by atoms with E-state index in [0.29, 0.717) is 38.0 Å². The Morgan fingerprint density at radius 3 is 2.68 bits per heavy atom. The molecule has 0 aliphatic carbocycles. The first kappa shape index (κ1) is 20.8. The number of hydrogen-bond acceptors (Lipinski definition) is 4.